The summed E-state index contributed by atoms with van der Waals surface area (Å²) >= 11 is 0. The zero-order valence-electron chi connectivity index (χ0n) is 11.6. The van der Waals surface area contributed by atoms with Crippen LogP contribution in [0.1, 0.15) is 46.5 Å². The number of ether oxygens (including phenoxy) is 1. The third-order valence-corrected chi connectivity index (χ3v) is 2.75. The largest absolute Gasteiger partial charge is 0.476 e. The number of nitrogens with zero attached hydrogens (tertiary/aromatic N) is 2. The molecule has 0 spiro atoms. The Balaban J connectivity index is 2.58. The molecule has 0 bridgehead atoms. The molecule has 1 aromatic rings. The summed E-state index contributed by atoms with van der Waals surface area (Å²) in [6.07, 6.45) is 6.30. The molecule has 18 heavy (non-hydrogen) atoms. The van der Waals surface area contributed by atoms with Crippen molar-refractivity contribution in [3.63, 3.8) is 0 Å². The highest BCUT2D eigenvalue weighted by Gasteiger charge is 2.11. The van der Waals surface area contributed by atoms with Gasteiger partial charge < -0.3 is 15.8 Å². The quantitative estimate of drug-likeness (QED) is 0.696. The van der Waals surface area contributed by atoms with Gasteiger partial charge >= 0.3 is 0 Å². The molecule has 0 radical (unpaired) electrons. The van der Waals surface area contributed by atoms with E-state index in [4.69, 9.17) is 10.5 Å². The number of aromatic nitrogens is 2. The highest BCUT2D eigenvalue weighted by molar-refractivity contribution is 5.66. The predicted octanol–water partition coefficient (Wildman–Crippen LogP) is 2.84. The average Bonchev–Trinajstić information content (AvgIpc) is 2.35. The van der Waals surface area contributed by atoms with Crippen molar-refractivity contribution in [1.82, 2.24) is 9.97 Å². The second kappa shape index (κ2) is 7.74. The van der Waals surface area contributed by atoms with E-state index in [9.17, 15) is 0 Å². The van der Waals surface area contributed by atoms with E-state index >= 15 is 0 Å². The summed E-state index contributed by atoms with van der Waals surface area (Å²) in [5.74, 6) is 1.12. The number of unbranched alkanes of at least 4 members (excludes halogenated alkanes) is 2. The molecule has 3 N–H and O–H groups in total. The van der Waals surface area contributed by atoms with Crippen molar-refractivity contribution in [2.45, 2.75) is 52.5 Å². The summed E-state index contributed by atoms with van der Waals surface area (Å²) in [6.45, 7) is 6.79. The Kier molecular flexibility index (Phi) is 6.25. The van der Waals surface area contributed by atoms with E-state index in [-0.39, 0.29) is 0 Å². The van der Waals surface area contributed by atoms with Crippen molar-refractivity contribution in [1.29, 1.82) is 0 Å². The Morgan fingerprint density at radius 3 is 2.78 bits per heavy atom. The highest BCUT2D eigenvalue weighted by atomic mass is 16.5. The Labute approximate surface area is 109 Å². The van der Waals surface area contributed by atoms with E-state index in [0.717, 1.165) is 6.42 Å². The van der Waals surface area contributed by atoms with E-state index in [0.29, 0.717) is 30.0 Å². The van der Waals surface area contributed by atoms with Crippen LogP contribution in [0.5, 0.6) is 5.88 Å². The van der Waals surface area contributed by atoms with E-state index < -0.39 is 0 Å². The Hall–Kier alpha value is -1.52. The smallest absolute Gasteiger partial charge is 0.242 e. The fourth-order valence-corrected chi connectivity index (χ4v) is 1.75. The van der Waals surface area contributed by atoms with Gasteiger partial charge in [0.05, 0.1) is 6.61 Å². The van der Waals surface area contributed by atoms with Gasteiger partial charge in [-0.05, 0) is 20.3 Å². The van der Waals surface area contributed by atoms with Crippen molar-refractivity contribution in [3.05, 3.63) is 6.33 Å². The molecule has 0 saturated heterocycles. The minimum absolute atomic E-state index is 0.350. The fraction of sp³-hybridized carbons (Fsp3) is 0.692. The molecule has 102 valence electrons. The van der Waals surface area contributed by atoms with Gasteiger partial charge in [0.15, 0.2) is 5.82 Å². The summed E-state index contributed by atoms with van der Waals surface area (Å²) in [6, 6.07) is 0.350. The van der Waals surface area contributed by atoms with Crippen LogP contribution < -0.4 is 15.8 Å². The average molecular weight is 252 g/mol. The second-order valence-corrected chi connectivity index (χ2v) is 4.42. The molecule has 0 fully saturated rings. The molecule has 1 unspecified atom stereocenters. The van der Waals surface area contributed by atoms with Gasteiger partial charge in [0.25, 0.3) is 0 Å². The molecule has 1 aromatic heterocycles. The lowest BCUT2D eigenvalue weighted by Crippen LogP contribution is -2.17. The topological polar surface area (TPSA) is 73.1 Å². The second-order valence-electron chi connectivity index (χ2n) is 4.42. The molecule has 0 aliphatic carbocycles. The molecule has 1 heterocycles. The molecule has 0 saturated carbocycles. The van der Waals surface area contributed by atoms with Crippen LogP contribution in [-0.4, -0.2) is 22.6 Å². The summed E-state index contributed by atoms with van der Waals surface area (Å²) in [5, 5.41) is 3.31. The SMILES string of the molecule is CCCCCC(C)Nc1ncnc(OCC)c1N. The van der Waals surface area contributed by atoms with Gasteiger partial charge in [-0.25, -0.2) is 4.98 Å². The highest BCUT2D eigenvalue weighted by Crippen LogP contribution is 2.25. The summed E-state index contributed by atoms with van der Waals surface area (Å²) in [5.41, 5.74) is 6.45. The maximum Gasteiger partial charge on any atom is 0.242 e. The molecule has 5 heteroatoms. The monoisotopic (exact) mass is 252 g/mol. The molecule has 1 rings (SSSR count). The normalized spacial score (nSPS) is 12.2. The third-order valence-electron chi connectivity index (χ3n) is 2.75. The zero-order chi connectivity index (χ0) is 13.4. The van der Waals surface area contributed by atoms with Gasteiger partial charge in [-0.1, -0.05) is 26.2 Å². The first-order valence-electron chi connectivity index (χ1n) is 6.68. The van der Waals surface area contributed by atoms with Crippen LogP contribution in [0.15, 0.2) is 6.33 Å². The van der Waals surface area contributed by atoms with Crippen molar-refractivity contribution < 1.29 is 4.74 Å². The first-order chi connectivity index (χ1) is 8.69. The molecule has 0 aromatic carbocycles. The number of nitrogen functional groups attached to an aromatic ring is 1. The lowest BCUT2D eigenvalue weighted by atomic mass is 10.1. The molecular formula is C13H24N4O. The van der Waals surface area contributed by atoms with E-state index in [1.165, 1.54) is 25.6 Å². The summed E-state index contributed by atoms with van der Waals surface area (Å²) in [7, 11) is 0. The lowest BCUT2D eigenvalue weighted by Gasteiger charge is -2.16. The van der Waals surface area contributed by atoms with Crippen LogP contribution in [0.2, 0.25) is 0 Å². The van der Waals surface area contributed by atoms with Gasteiger partial charge in [0.1, 0.15) is 12.0 Å². The fourth-order valence-electron chi connectivity index (χ4n) is 1.75. The Morgan fingerprint density at radius 1 is 1.33 bits per heavy atom. The van der Waals surface area contributed by atoms with Gasteiger partial charge in [-0.3, -0.25) is 0 Å². The maximum atomic E-state index is 5.96. The number of rotatable bonds is 8. The number of hydrogen-bond donors (Lipinski definition) is 2. The molecule has 0 aliphatic rings. The summed E-state index contributed by atoms with van der Waals surface area (Å²) < 4.78 is 5.34. The third kappa shape index (κ3) is 4.39. The van der Waals surface area contributed by atoms with Gasteiger partial charge in [0, 0.05) is 6.04 Å². The molecule has 0 aliphatic heterocycles. The molecule has 5 nitrogen and oxygen atoms in total. The molecular weight excluding hydrogens is 228 g/mol. The van der Waals surface area contributed by atoms with Crippen LogP contribution in [0.25, 0.3) is 0 Å². The summed E-state index contributed by atoms with van der Waals surface area (Å²) in [4.78, 5) is 8.18. The van der Waals surface area contributed by atoms with Gasteiger partial charge in [0.2, 0.25) is 5.88 Å². The van der Waals surface area contributed by atoms with Crippen LogP contribution in [0, 0.1) is 0 Å². The van der Waals surface area contributed by atoms with Crippen LogP contribution in [0.3, 0.4) is 0 Å². The number of nitrogens with two attached hydrogens (primary N) is 1. The van der Waals surface area contributed by atoms with Crippen molar-refractivity contribution >= 4 is 11.5 Å². The first-order valence-corrected chi connectivity index (χ1v) is 6.68. The number of nitrogens with one attached hydrogen (secondary N) is 1. The van der Waals surface area contributed by atoms with Crippen molar-refractivity contribution in [2.75, 3.05) is 17.7 Å². The van der Waals surface area contributed by atoms with Gasteiger partial charge in [-0.2, -0.15) is 4.98 Å². The maximum absolute atomic E-state index is 5.96. The minimum Gasteiger partial charge on any atom is -0.476 e. The van der Waals surface area contributed by atoms with E-state index in [1.807, 2.05) is 6.92 Å². The zero-order valence-corrected chi connectivity index (χ0v) is 11.6. The van der Waals surface area contributed by atoms with Crippen LogP contribution >= 0.6 is 0 Å². The molecule has 1 atom stereocenters. The van der Waals surface area contributed by atoms with Gasteiger partial charge in [-0.15, -0.1) is 0 Å². The lowest BCUT2D eigenvalue weighted by molar-refractivity contribution is 0.328. The standard InChI is InChI=1S/C13H24N4O/c1-4-6-7-8-10(3)17-12-11(14)13(18-5-2)16-9-15-12/h9-10H,4-8,14H2,1-3H3,(H,15,16,17). The van der Waals surface area contributed by atoms with Crippen molar-refractivity contribution in [2.24, 2.45) is 0 Å². The van der Waals surface area contributed by atoms with E-state index in [2.05, 4.69) is 29.1 Å². The minimum atomic E-state index is 0.350. The Morgan fingerprint density at radius 2 is 2.11 bits per heavy atom. The Bertz CT molecular complexity index is 357. The number of hydrogen-bond acceptors (Lipinski definition) is 5. The number of anilines is 2. The first kappa shape index (κ1) is 14.5. The van der Waals surface area contributed by atoms with Crippen LogP contribution in [0.4, 0.5) is 11.5 Å². The predicted molar refractivity (Wildman–Crippen MR) is 74.8 cm³/mol. The van der Waals surface area contributed by atoms with Crippen LogP contribution in [-0.2, 0) is 0 Å². The van der Waals surface area contributed by atoms with Crippen molar-refractivity contribution in [3.8, 4) is 5.88 Å². The van der Waals surface area contributed by atoms with E-state index in [1.54, 1.807) is 0 Å². The molecule has 0 amide bonds.